The van der Waals surface area contributed by atoms with Gasteiger partial charge in [-0.15, -0.1) is 0 Å². The number of para-hydroxylation sites is 1. The Bertz CT molecular complexity index is 1050. The molecule has 1 aliphatic heterocycles. The van der Waals surface area contributed by atoms with Crippen molar-refractivity contribution < 1.29 is 17.9 Å². The zero-order valence-electron chi connectivity index (χ0n) is 15.7. The van der Waals surface area contributed by atoms with Gasteiger partial charge in [0, 0.05) is 22.1 Å². The number of alkyl halides is 3. The van der Waals surface area contributed by atoms with Crippen LogP contribution in [-0.2, 0) is 12.6 Å². The smallest absolute Gasteiger partial charge is 0.418 e. The lowest BCUT2D eigenvalue weighted by Crippen LogP contribution is -2.14. The van der Waals surface area contributed by atoms with Crippen molar-refractivity contribution in [2.45, 2.75) is 25.4 Å². The number of hydrogen-bond acceptors (Lipinski definition) is 3. The van der Waals surface area contributed by atoms with E-state index in [1.807, 2.05) is 18.2 Å². The van der Waals surface area contributed by atoms with E-state index in [0.717, 1.165) is 40.9 Å². The van der Waals surface area contributed by atoms with Crippen LogP contribution in [0.25, 0.3) is 16.9 Å². The highest BCUT2D eigenvalue weighted by atomic mass is 79.9. The first-order valence-electron chi connectivity index (χ1n) is 9.26. The van der Waals surface area contributed by atoms with Crippen molar-refractivity contribution in [3.8, 4) is 22.7 Å². The lowest BCUT2D eigenvalue weighted by molar-refractivity contribution is -0.137. The van der Waals surface area contributed by atoms with Crippen molar-refractivity contribution in [3.63, 3.8) is 0 Å². The Morgan fingerprint density at radius 2 is 1.93 bits per heavy atom. The number of nitrogens with one attached hydrogen (secondary N) is 1. The van der Waals surface area contributed by atoms with Crippen LogP contribution in [0.1, 0.15) is 24.0 Å². The minimum atomic E-state index is -4.48. The molecule has 0 atom stereocenters. The molecule has 0 spiro atoms. The lowest BCUT2D eigenvalue weighted by atomic mass is 10.0. The van der Waals surface area contributed by atoms with E-state index in [9.17, 15) is 13.2 Å². The molecule has 0 saturated heterocycles. The molecule has 3 aromatic rings. The van der Waals surface area contributed by atoms with E-state index < -0.39 is 11.7 Å². The second-order valence-corrected chi connectivity index (χ2v) is 7.75. The number of rotatable bonds is 3. The Hall–Kier alpha value is -2.48. The van der Waals surface area contributed by atoms with E-state index in [-0.39, 0.29) is 5.69 Å². The molecule has 0 amide bonds. The van der Waals surface area contributed by atoms with Crippen LogP contribution >= 0.6 is 15.9 Å². The van der Waals surface area contributed by atoms with Gasteiger partial charge >= 0.3 is 6.18 Å². The van der Waals surface area contributed by atoms with Crippen LogP contribution in [0, 0.1) is 0 Å². The van der Waals surface area contributed by atoms with Gasteiger partial charge in [0.25, 0.3) is 0 Å². The maximum Gasteiger partial charge on any atom is 0.418 e. The van der Waals surface area contributed by atoms with E-state index in [2.05, 4.69) is 26.3 Å². The number of nitrogens with zero attached hydrogens (tertiary/aromatic N) is 2. The van der Waals surface area contributed by atoms with Crippen molar-refractivity contribution in [1.82, 2.24) is 9.78 Å². The molecule has 0 fully saturated rings. The summed E-state index contributed by atoms with van der Waals surface area (Å²) in [5.41, 5.74) is 1.56. The fraction of sp³-hybridized carbons (Fsp3) is 0.286. The first-order valence-corrected chi connectivity index (χ1v) is 10.1. The SMILES string of the molecule is COc1ccc(Br)cc1-c1nn(-c2ccccc2C(F)(F)F)c2c1CCCCN2. The van der Waals surface area contributed by atoms with Crippen molar-refractivity contribution >= 4 is 21.7 Å². The average Bonchev–Trinajstić information content (AvgIpc) is 2.88. The highest BCUT2D eigenvalue weighted by molar-refractivity contribution is 9.10. The summed E-state index contributed by atoms with van der Waals surface area (Å²) < 4.78 is 48.7. The zero-order chi connectivity index (χ0) is 20.6. The molecule has 1 aliphatic rings. The monoisotopic (exact) mass is 465 g/mol. The maximum absolute atomic E-state index is 13.7. The molecule has 2 aromatic carbocycles. The Morgan fingerprint density at radius 1 is 1.14 bits per heavy atom. The number of ether oxygens (including phenoxy) is 1. The van der Waals surface area contributed by atoms with Crippen LogP contribution in [-0.4, -0.2) is 23.4 Å². The summed E-state index contributed by atoms with van der Waals surface area (Å²) in [7, 11) is 1.57. The lowest BCUT2D eigenvalue weighted by Gasteiger charge is -2.15. The van der Waals surface area contributed by atoms with Gasteiger partial charge in [-0.1, -0.05) is 28.1 Å². The minimum Gasteiger partial charge on any atom is -0.496 e. The molecule has 0 bridgehead atoms. The number of anilines is 1. The van der Waals surface area contributed by atoms with Crippen LogP contribution in [0.4, 0.5) is 19.0 Å². The van der Waals surface area contributed by atoms with Crippen LogP contribution < -0.4 is 10.1 Å². The van der Waals surface area contributed by atoms with Gasteiger partial charge in [0.1, 0.15) is 17.3 Å². The summed E-state index contributed by atoms with van der Waals surface area (Å²) in [5.74, 6) is 1.23. The predicted molar refractivity (Wildman–Crippen MR) is 110 cm³/mol. The predicted octanol–water partition coefficient (Wildman–Crippen LogP) is 6.08. The molecule has 8 heteroatoms. The summed E-state index contributed by atoms with van der Waals surface area (Å²) in [5, 5.41) is 7.94. The van der Waals surface area contributed by atoms with Gasteiger partial charge in [-0.05, 0) is 49.6 Å². The standard InChI is InChI=1S/C21H19BrF3N3O/c1-29-18-10-9-13(22)12-15(18)19-14-6-4-5-11-26-20(14)28(27-19)17-8-3-2-7-16(17)21(23,24)25/h2-3,7-10,12,26H,4-6,11H2,1H3. The maximum atomic E-state index is 13.7. The van der Waals surface area contributed by atoms with Gasteiger partial charge in [-0.2, -0.15) is 18.3 Å². The fourth-order valence-corrected chi connectivity index (χ4v) is 4.02. The summed E-state index contributed by atoms with van der Waals surface area (Å²) in [6.45, 7) is 0.682. The third-order valence-corrected chi connectivity index (χ3v) is 5.48. The molecule has 29 heavy (non-hydrogen) atoms. The molecule has 4 rings (SSSR count). The third kappa shape index (κ3) is 3.73. The number of halogens is 4. The van der Waals surface area contributed by atoms with E-state index in [1.54, 1.807) is 13.2 Å². The molecule has 2 heterocycles. The van der Waals surface area contributed by atoms with Crippen LogP contribution in [0.2, 0.25) is 0 Å². The van der Waals surface area contributed by atoms with E-state index in [0.29, 0.717) is 23.8 Å². The molecule has 0 unspecified atom stereocenters. The molecule has 4 nitrogen and oxygen atoms in total. The van der Waals surface area contributed by atoms with Crippen LogP contribution in [0.3, 0.4) is 0 Å². The minimum absolute atomic E-state index is 0.00543. The molecule has 0 radical (unpaired) electrons. The first kappa shape index (κ1) is 19.8. The second-order valence-electron chi connectivity index (χ2n) is 6.83. The van der Waals surface area contributed by atoms with Crippen LogP contribution in [0.5, 0.6) is 5.75 Å². The quantitative estimate of drug-likeness (QED) is 0.509. The third-order valence-electron chi connectivity index (χ3n) is 4.98. The molecule has 1 N–H and O–H groups in total. The van der Waals surface area contributed by atoms with Gasteiger partial charge < -0.3 is 10.1 Å². The number of aromatic nitrogens is 2. The molecular weight excluding hydrogens is 447 g/mol. The number of fused-ring (bicyclic) bond motifs is 1. The summed E-state index contributed by atoms with van der Waals surface area (Å²) in [6.07, 6.45) is -1.89. The highest BCUT2D eigenvalue weighted by Gasteiger charge is 2.35. The number of benzene rings is 2. The summed E-state index contributed by atoms with van der Waals surface area (Å²) >= 11 is 3.47. The van der Waals surface area contributed by atoms with Gasteiger partial charge in [0.15, 0.2) is 0 Å². The first-order chi connectivity index (χ1) is 13.9. The van der Waals surface area contributed by atoms with Crippen LogP contribution in [0.15, 0.2) is 46.9 Å². The van der Waals surface area contributed by atoms with Gasteiger partial charge in [0.05, 0.1) is 18.4 Å². The van der Waals surface area contributed by atoms with E-state index >= 15 is 0 Å². The molecule has 152 valence electrons. The topological polar surface area (TPSA) is 39.1 Å². The summed E-state index contributed by atoms with van der Waals surface area (Å²) in [4.78, 5) is 0. The fourth-order valence-electron chi connectivity index (χ4n) is 3.66. The van der Waals surface area contributed by atoms with Crippen molar-refractivity contribution in [2.75, 3.05) is 19.0 Å². The molecule has 1 aromatic heterocycles. The van der Waals surface area contributed by atoms with Crippen molar-refractivity contribution in [3.05, 3.63) is 58.1 Å². The van der Waals surface area contributed by atoms with Gasteiger partial charge in [0.2, 0.25) is 0 Å². The Labute approximate surface area is 174 Å². The largest absolute Gasteiger partial charge is 0.496 e. The number of hydrogen-bond donors (Lipinski definition) is 1. The molecule has 0 saturated carbocycles. The summed E-state index contributed by atoms with van der Waals surface area (Å²) in [6, 6.07) is 11.1. The molecule has 0 aliphatic carbocycles. The Balaban J connectivity index is 1.99. The van der Waals surface area contributed by atoms with Crippen molar-refractivity contribution in [1.29, 1.82) is 0 Å². The normalized spacial score (nSPS) is 14.1. The second kappa shape index (κ2) is 7.74. The van der Waals surface area contributed by atoms with Crippen molar-refractivity contribution in [2.24, 2.45) is 0 Å². The average molecular weight is 466 g/mol. The van der Waals surface area contributed by atoms with Gasteiger partial charge in [-0.3, -0.25) is 0 Å². The number of methoxy groups -OCH3 is 1. The Kier molecular flexibility index (Phi) is 5.29. The molecular formula is C21H19BrF3N3O. The van der Waals surface area contributed by atoms with E-state index in [1.165, 1.54) is 16.8 Å². The highest BCUT2D eigenvalue weighted by Crippen LogP contribution is 2.41. The Morgan fingerprint density at radius 3 is 2.69 bits per heavy atom. The zero-order valence-corrected chi connectivity index (χ0v) is 17.3. The van der Waals surface area contributed by atoms with E-state index in [4.69, 9.17) is 4.74 Å². The van der Waals surface area contributed by atoms with Gasteiger partial charge in [-0.25, -0.2) is 4.68 Å².